The van der Waals surface area contributed by atoms with E-state index in [0.717, 1.165) is 37.6 Å². The number of furan rings is 1. The number of ether oxygens (including phenoxy) is 2. The van der Waals surface area contributed by atoms with Crippen LogP contribution in [0.2, 0.25) is 0 Å². The molecule has 6 rings (SSSR count). The predicted octanol–water partition coefficient (Wildman–Crippen LogP) is 1.72. The number of piperazine rings is 1. The highest BCUT2D eigenvalue weighted by molar-refractivity contribution is 5.85. The molecule has 1 saturated heterocycles. The number of nitrogens with two attached hydrogens (primary N) is 1. The molecule has 13 heteroatoms. The molecule has 0 unspecified atom stereocenters. The van der Waals surface area contributed by atoms with Crippen LogP contribution in [0, 0.1) is 0 Å². The Balaban J connectivity index is 1.11. The lowest BCUT2D eigenvalue weighted by molar-refractivity contribution is 0.146. The molecule has 0 saturated carbocycles. The van der Waals surface area contributed by atoms with E-state index in [1.54, 1.807) is 19.2 Å². The number of oxazole rings is 1. The van der Waals surface area contributed by atoms with Gasteiger partial charge in [0, 0.05) is 52.1 Å². The molecule has 4 aromatic heterocycles. The highest BCUT2D eigenvalue weighted by atomic mass is 16.5. The Kier molecular flexibility index (Phi) is 6.43. The fourth-order valence-corrected chi connectivity index (χ4v) is 4.60. The van der Waals surface area contributed by atoms with Gasteiger partial charge in [0.1, 0.15) is 12.4 Å². The second-order valence-corrected chi connectivity index (χ2v) is 8.95. The lowest BCUT2D eigenvalue weighted by Crippen LogP contribution is -2.47. The third-order valence-electron chi connectivity index (χ3n) is 6.63. The Labute approximate surface area is 217 Å². The normalized spacial score (nSPS) is 14.6. The van der Waals surface area contributed by atoms with Gasteiger partial charge < -0.3 is 28.9 Å². The molecule has 13 nitrogen and oxygen atoms in total. The Hall–Kier alpha value is -4.36. The van der Waals surface area contributed by atoms with Gasteiger partial charge in [0.05, 0.1) is 12.9 Å². The van der Waals surface area contributed by atoms with Crippen molar-refractivity contribution in [3.8, 4) is 17.3 Å². The maximum absolute atomic E-state index is 12.7. The van der Waals surface area contributed by atoms with E-state index >= 15 is 0 Å². The zero-order chi connectivity index (χ0) is 26.1. The monoisotopic (exact) mass is 520 g/mol. The predicted molar refractivity (Wildman–Crippen MR) is 139 cm³/mol. The molecule has 0 amide bonds. The largest absolute Gasteiger partial charge is 0.491 e. The Morgan fingerprint density at radius 3 is 2.55 bits per heavy atom. The van der Waals surface area contributed by atoms with Crippen molar-refractivity contribution in [3.05, 3.63) is 53.2 Å². The summed E-state index contributed by atoms with van der Waals surface area (Å²) in [7, 11) is 1.66. The van der Waals surface area contributed by atoms with Gasteiger partial charge in [-0.05, 0) is 36.4 Å². The van der Waals surface area contributed by atoms with Gasteiger partial charge in [-0.25, -0.2) is 9.78 Å². The van der Waals surface area contributed by atoms with Crippen LogP contribution in [0.3, 0.4) is 0 Å². The van der Waals surface area contributed by atoms with Gasteiger partial charge in [0.25, 0.3) is 0 Å². The highest BCUT2D eigenvalue weighted by Gasteiger charge is 2.22. The molecule has 5 heterocycles. The van der Waals surface area contributed by atoms with Crippen LogP contribution in [-0.4, -0.2) is 82.1 Å². The Morgan fingerprint density at radius 2 is 1.82 bits per heavy atom. The first-order chi connectivity index (χ1) is 18.6. The molecule has 0 aliphatic carbocycles. The number of nitrogen functional groups attached to an aromatic ring is 1. The number of aromatic nitrogens is 5. The number of nitrogens with zero attached hydrogens (tertiary/aromatic N) is 7. The van der Waals surface area contributed by atoms with Gasteiger partial charge in [-0.3, -0.25) is 9.47 Å². The zero-order valence-electron chi connectivity index (χ0n) is 20.9. The summed E-state index contributed by atoms with van der Waals surface area (Å²) in [5, 5.41) is 4.34. The van der Waals surface area contributed by atoms with Crippen molar-refractivity contribution in [2.75, 3.05) is 63.7 Å². The van der Waals surface area contributed by atoms with Crippen molar-refractivity contribution in [3.63, 3.8) is 0 Å². The zero-order valence-corrected chi connectivity index (χ0v) is 20.9. The van der Waals surface area contributed by atoms with Crippen LogP contribution in [0.4, 0.5) is 11.6 Å². The van der Waals surface area contributed by atoms with Crippen LogP contribution in [-0.2, 0) is 11.3 Å². The van der Waals surface area contributed by atoms with Crippen LogP contribution < -0.4 is 21.1 Å². The number of hydrogen-bond acceptors (Lipinski definition) is 11. The third-order valence-corrected chi connectivity index (χ3v) is 6.63. The summed E-state index contributed by atoms with van der Waals surface area (Å²) in [4.78, 5) is 26.3. The Morgan fingerprint density at radius 1 is 1.00 bits per heavy atom. The molecule has 1 aromatic carbocycles. The first-order valence-electron chi connectivity index (χ1n) is 12.4. The summed E-state index contributed by atoms with van der Waals surface area (Å²) in [6.07, 6.45) is 1.53. The first-order valence-corrected chi connectivity index (χ1v) is 12.4. The van der Waals surface area contributed by atoms with Crippen molar-refractivity contribution in [2.45, 2.75) is 6.54 Å². The SMILES string of the molecule is COCCOc1ccc(N2CCN(CCn3c(=O)oc4c3nc(N)n3nc(-c5ccco5)nc43)CC2)cc1. The van der Waals surface area contributed by atoms with E-state index in [-0.39, 0.29) is 11.5 Å². The standard InChI is InChI=1S/C25H28N8O5/c1-35-15-16-36-18-6-4-17(5-7-18)31-11-8-30(9-12-31)10-13-32-22-20(38-25(32)34)23-27-21(19-3-2-14-37-19)29-33(23)24(26)28-22/h2-7,14H,8-13,15-16H2,1H3,(H2,26,28). The molecular weight excluding hydrogens is 492 g/mol. The average molecular weight is 521 g/mol. The Bertz CT molecular complexity index is 1580. The van der Waals surface area contributed by atoms with E-state index in [4.69, 9.17) is 24.0 Å². The lowest BCUT2D eigenvalue weighted by Gasteiger charge is -2.36. The average Bonchev–Trinajstić information content (AvgIpc) is 3.68. The molecule has 0 spiro atoms. The minimum absolute atomic E-state index is 0.107. The van der Waals surface area contributed by atoms with E-state index in [0.29, 0.717) is 49.2 Å². The van der Waals surface area contributed by atoms with Crippen molar-refractivity contribution in [1.29, 1.82) is 0 Å². The van der Waals surface area contributed by atoms with E-state index in [9.17, 15) is 4.79 Å². The highest BCUT2D eigenvalue weighted by Crippen LogP contribution is 2.24. The van der Waals surface area contributed by atoms with Crippen LogP contribution in [0.5, 0.6) is 5.75 Å². The summed E-state index contributed by atoms with van der Waals surface area (Å²) in [5.41, 5.74) is 8.22. The summed E-state index contributed by atoms with van der Waals surface area (Å²) < 4.78 is 24.4. The summed E-state index contributed by atoms with van der Waals surface area (Å²) in [6.45, 7) is 5.68. The maximum atomic E-state index is 12.7. The fourth-order valence-electron chi connectivity index (χ4n) is 4.60. The minimum atomic E-state index is -0.506. The molecule has 198 valence electrons. The van der Waals surface area contributed by atoms with E-state index in [1.807, 2.05) is 12.1 Å². The van der Waals surface area contributed by atoms with Crippen molar-refractivity contribution >= 4 is 28.5 Å². The lowest BCUT2D eigenvalue weighted by atomic mass is 10.2. The van der Waals surface area contributed by atoms with Crippen LogP contribution in [0.15, 0.2) is 56.3 Å². The smallest absolute Gasteiger partial charge is 0.421 e. The number of fused-ring (bicyclic) bond motifs is 3. The van der Waals surface area contributed by atoms with Crippen LogP contribution >= 0.6 is 0 Å². The van der Waals surface area contributed by atoms with Gasteiger partial charge in [-0.2, -0.15) is 9.50 Å². The summed E-state index contributed by atoms with van der Waals surface area (Å²) >= 11 is 0. The van der Waals surface area contributed by atoms with Gasteiger partial charge in [-0.15, -0.1) is 5.10 Å². The number of hydrogen-bond donors (Lipinski definition) is 1. The van der Waals surface area contributed by atoms with Crippen LogP contribution in [0.25, 0.3) is 28.5 Å². The fraction of sp³-hybridized carbons (Fsp3) is 0.360. The molecule has 0 radical (unpaired) electrons. The van der Waals surface area contributed by atoms with Gasteiger partial charge >= 0.3 is 5.76 Å². The molecule has 5 aromatic rings. The molecule has 38 heavy (non-hydrogen) atoms. The minimum Gasteiger partial charge on any atom is -0.491 e. The number of benzene rings is 1. The maximum Gasteiger partial charge on any atom is 0.421 e. The molecule has 0 bridgehead atoms. The van der Waals surface area contributed by atoms with Gasteiger partial charge in [0.15, 0.2) is 11.4 Å². The molecule has 2 N–H and O–H groups in total. The van der Waals surface area contributed by atoms with Crippen molar-refractivity contribution in [1.82, 2.24) is 29.0 Å². The van der Waals surface area contributed by atoms with Gasteiger partial charge in [0.2, 0.25) is 23.0 Å². The topological polar surface area (TPSA) is 142 Å². The van der Waals surface area contributed by atoms with E-state index < -0.39 is 5.76 Å². The first kappa shape index (κ1) is 24.0. The molecular formula is C25H28N8O5. The number of rotatable bonds is 9. The molecule has 0 atom stereocenters. The molecule has 1 fully saturated rings. The molecule has 1 aliphatic heterocycles. The van der Waals surface area contributed by atoms with E-state index in [1.165, 1.54) is 15.3 Å². The number of anilines is 2. The van der Waals surface area contributed by atoms with Crippen LogP contribution in [0.1, 0.15) is 0 Å². The molecule has 1 aliphatic rings. The third kappa shape index (κ3) is 4.57. The van der Waals surface area contributed by atoms with Crippen molar-refractivity contribution in [2.24, 2.45) is 0 Å². The number of methoxy groups -OCH3 is 1. The second-order valence-electron chi connectivity index (χ2n) is 8.95. The second kappa shape index (κ2) is 10.2. The van der Waals surface area contributed by atoms with E-state index in [2.05, 4.69) is 37.0 Å². The quantitative estimate of drug-likeness (QED) is 0.284. The van der Waals surface area contributed by atoms with Gasteiger partial charge in [-0.1, -0.05) is 0 Å². The summed E-state index contributed by atoms with van der Waals surface area (Å²) in [5.74, 6) is 1.24. The summed E-state index contributed by atoms with van der Waals surface area (Å²) in [6, 6.07) is 11.6. The van der Waals surface area contributed by atoms with Crippen molar-refractivity contribution < 1.29 is 18.3 Å².